The molecule has 0 aliphatic carbocycles. The van der Waals surface area contributed by atoms with E-state index in [2.05, 4.69) is 10.6 Å². The van der Waals surface area contributed by atoms with Gasteiger partial charge in [0.05, 0.1) is 11.4 Å². The second-order valence-electron chi connectivity index (χ2n) is 7.72. The number of nitrogens with zero attached hydrogens (tertiary/aromatic N) is 1. The lowest BCUT2D eigenvalue weighted by molar-refractivity contribution is -0.128. The van der Waals surface area contributed by atoms with E-state index < -0.39 is 0 Å². The van der Waals surface area contributed by atoms with Crippen LogP contribution in [0.1, 0.15) is 29.3 Å². The Labute approximate surface area is 197 Å². The van der Waals surface area contributed by atoms with E-state index in [0.29, 0.717) is 42.9 Å². The number of rotatable bonds is 9. The number of benzene rings is 2. The molecule has 3 rings (SSSR count). The van der Waals surface area contributed by atoms with E-state index in [0.717, 1.165) is 16.0 Å². The van der Waals surface area contributed by atoms with Gasteiger partial charge in [0.2, 0.25) is 11.8 Å². The van der Waals surface area contributed by atoms with E-state index in [1.807, 2.05) is 41.8 Å². The van der Waals surface area contributed by atoms with E-state index in [1.54, 1.807) is 41.5 Å². The summed E-state index contributed by atoms with van der Waals surface area (Å²) in [6.45, 7) is 2.39. The fourth-order valence-electron chi connectivity index (χ4n) is 3.14. The van der Waals surface area contributed by atoms with Gasteiger partial charge in [0, 0.05) is 43.9 Å². The van der Waals surface area contributed by atoms with Crippen molar-refractivity contribution in [2.24, 2.45) is 0 Å². The SMILES string of the molecule is CC(=O)N(C)CCNC(=O)CCc1ccc(C(=O)Nc2cc(-c3cccs3)ccc2N)cc1. The summed E-state index contributed by atoms with van der Waals surface area (Å²) in [5.41, 5.74) is 9.60. The number of carbonyl (C=O) groups is 3. The van der Waals surface area contributed by atoms with Crippen LogP contribution in [0, 0.1) is 0 Å². The normalized spacial score (nSPS) is 10.5. The molecule has 1 aromatic heterocycles. The number of hydrogen-bond donors (Lipinski definition) is 3. The Bertz CT molecular complexity index is 1110. The smallest absolute Gasteiger partial charge is 0.255 e. The number of likely N-dealkylation sites (N-methyl/N-ethyl adjacent to an activating group) is 1. The summed E-state index contributed by atoms with van der Waals surface area (Å²) in [5.74, 6) is -0.356. The van der Waals surface area contributed by atoms with Crippen molar-refractivity contribution in [2.75, 3.05) is 31.2 Å². The minimum atomic E-state index is -0.246. The highest BCUT2D eigenvalue weighted by molar-refractivity contribution is 7.13. The largest absolute Gasteiger partial charge is 0.397 e. The number of nitrogen functional groups attached to an aromatic ring is 1. The number of thiophene rings is 1. The summed E-state index contributed by atoms with van der Waals surface area (Å²) in [4.78, 5) is 38.5. The molecule has 0 fully saturated rings. The lowest BCUT2D eigenvalue weighted by Crippen LogP contribution is -2.35. The minimum Gasteiger partial charge on any atom is -0.397 e. The van der Waals surface area contributed by atoms with E-state index in [1.165, 1.54) is 6.92 Å². The monoisotopic (exact) mass is 464 g/mol. The first-order chi connectivity index (χ1) is 15.8. The van der Waals surface area contributed by atoms with Crippen molar-refractivity contribution in [1.29, 1.82) is 0 Å². The number of aryl methyl sites for hydroxylation is 1. The molecule has 0 saturated heterocycles. The van der Waals surface area contributed by atoms with Crippen molar-refractivity contribution < 1.29 is 14.4 Å². The van der Waals surface area contributed by atoms with Crippen molar-refractivity contribution >= 4 is 40.4 Å². The number of hydrogen-bond acceptors (Lipinski definition) is 5. The second-order valence-corrected chi connectivity index (χ2v) is 8.67. The molecule has 0 unspecified atom stereocenters. The van der Waals surface area contributed by atoms with E-state index in [4.69, 9.17) is 5.73 Å². The molecule has 7 nitrogen and oxygen atoms in total. The highest BCUT2D eigenvalue weighted by atomic mass is 32.1. The lowest BCUT2D eigenvalue weighted by Gasteiger charge is -2.14. The molecule has 0 bridgehead atoms. The highest BCUT2D eigenvalue weighted by Gasteiger charge is 2.11. The molecule has 8 heteroatoms. The summed E-state index contributed by atoms with van der Waals surface area (Å²) >= 11 is 1.62. The van der Waals surface area contributed by atoms with Crippen LogP contribution in [-0.2, 0) is 16.0 Å². The first-order valence-corrected chi connectivity index (χ1v) is 11.5. The van der Waals surface area contributed by atoms with Gasteiger partial charge in [0.25, 0.3) is 5.91 Å². The van der Waals surface area contributed by atoms with Gasteiger partial charge in [0.15, 0.2) is 0 Å². The maximum atomic E-state index is 12.7. The average molecular weight is 465 g/mol. The third kappa shape index (κ3) is 6.92. The van der Waals surface area contributed by atoms with Gasteiger partial charge in [-0.05, 0) is 53.3 Å². The van der Waals surface area contributed by atoms with Gasteiger partial charge in [0.1, 0.15) is 0 Å². The summed E-state index contributed by atoms with van der Waals surface area (Å²) < 4.78 is 0. The van der Waals surface area contributed by atoms with E-state index in [9.17, 15) is 14.4 Å². The fraction of sp³-hybridized carbons (Fsp3) is 0.240. The zero-order valence-corrected chi connectivity index (χ0v) is 19.6. The van der Waals surface area contributed by atoms with Gasteiger partial charge in [-0.15, -0.1) is 11.3 Å². The van der Waals surface area contributed by atoms with Crippen LogP contribution in [-0.4, -0.2) is 42.8 Å². The van der Waals surface area contributed by atoms with Crippen LogP contribution in [0.15, 0.2) is 60.0 Å². The zero-order chi connectivity index (χ0) is 23.8. The van der Waals surface area contributed by atoms with Gasteiger partial charge in [-0.25, -0.2) is 0 Å². The molecule has 33 heavy (non-hydrogen) atoms. The molecule has 0 aliphatic rings. The molecule has 3 amide bonds. The first kappa shape index (κ1) is 24.0. The van der Waals surface area contributed by atoms with E-state index in [-0.39, 0.29) is 17.7 Å². The van der Waals surface area contributed by atoms with Crippen molar-refractivity contribution in [3.8, 4) is 10.4 Å². The zero-order valence-electron chi connectivity index (χ0n) is 18.8. The molecule has 0 aliphatic heterocycles. The van der Waals surface area contributed by atoms with Crippen molar-refractivity contribution in [1.82, 2.24) is 10.2 Å². The Balaban J connectivity index is 1.52. The van der Waals surface area contributed by atoms with Crippen LogP contribution in [0.2, 0.25) is 0 Å². The maximum Gasteiger partial charge on any atom is 0.255 e. The van der Waals surface area contributed by atoms with E-state index >= 15 is 0 Å². The first-order valence-electron chi connectivity index (χ1n) is 10.7. The van der Waals surface area contributed by atoms with Crippen LogP contribution < -0.4 is 16.4 Å². The Kier molecular flexibility index (Phi) is 8.21. The standard InChI is InChI=1S/C25H28N4O3S/c1-17(30)29(2)14-13-27-24(31)12-7-18-5-8-19(9-6-18)25(32)28-22-16-20(10-11-21(22)26)23-4-3-15-33-23/h3-6,8-11,15-16H,7,12-14,26H2,1-2H3,(H,27,31)(H,28,32). The quantitative estimate of drug-likeness (QED) is 0.419. The number of anilines is 2. The van der Waals surface area contributed by atoms with Gasteiger partial charge >= 0.3 is 0 Å². The third-order valence-corrected chi connectivity index (χ3v) is 6.19. The lowest BCUT2D eigenvalue weighted by atomic mass is 10.1. The van der Waals surface area contributed by atoms with Crippen molar-refractivity contribution in [3.63, 3.8) is 0 Å². The fourth-order valence-corrected chi connectivity index (χ4v) is 3.87. The van der Waals surface area contributed by atoms with Gasteiger partial charge in [-0.1, -0.05) is 24.3 Å². The number of amides is 3. The Hall–Kier alpha value is -3.65. The average Bonchev–Trinajstić information content (AvgIpc) is 3.34. The third-order valence-electron chi connectivity index (χ3n) is 5.27. The molecule has 4 N–H and O–H groups in total. The molecular formula is C25H28N4O3S. The molecule has 1 heterocycles. The van der Waals surface area contributed by atoms with Crippen LogP contribution in [0.4, 0.5) is 11.4 Å². The maximum absolute atomic E-state index is 12.7. The van der Waals surface area contributed by atoms with Gasteiger partial charge in [-0.3, -0.25) is 14.4 Å². The van der Waals surface area contributed by atoms with Crippen LogP contribution in [0.25, 0.3) is 10.4 Å². The predicted octanol–water partition coefficient (Wildman–Crippen LogP) is 3.78. The number of carbonyl (C=O) groups excluding carboxylic acids is 3. The summed E-state index contributed by atoms with van der Waals surface area (Å²) in [6.07, 6.45) is 0.896. The molecule has 3 aromatic rings. The Morgan fingerprint density at radius 2 is 1.82 bits per heavy atom. The van der Waals surface area contributed by atoms with Crippen LogP contribution >= 0.6 is 11.3 Å². The van der Waals surface area contributed by atoms with Crippen LogP contribution in [0.5, 0.6) is 0 Å². The summed E-state index contributed by atoms with van der Waals surface area (Å²) in [7, 11) is 1.70. The Morgan fingerprint density at radius 3 is 2.48 bits per heavy atom. The predicted molar refractivity (Wildman–Crippen MR) is 133 cm³/mol. The van der Waals surface area contributed by atoms with Gasteiger partial charge < -0.3 is 21.3 Å². The molecule has 0 saturated carbocycles. The van der Waals surface area contributed by atoms with Crippen LogP contribution in [0.3, 0.4) is 0 Å². The molecule has 172 valence electrons. The van der Waals surface area contributed by atoms with Crippen molar-refractivity contribution in [2.45, 2.75) is 19.8 Å². The number of nitrogens with one attached hydrogen (secondary N) is 2. The molecule has 2 aromatic carbocycles. The summed E-state index contributed by atoms with van der Waals surface area (Å²) in [5, 5.41) is 7.70. The molecule has 0 atom stereocenters. The molecule has 0 radical (unpaired) electrons. The second kappa shape index (κ2) is 11.3. The van der Waals surface area contributed by atoms with Crippen molar-refractivity contribution in [3.05, 3.63) is 71.1 Å². The topological polar surface area (TPSA) is 105 Å². The Morgan fingerprint density at radius 1 is 1.06 bits per heavy atom. The molecular weight excluding hydrogens is 436 g/mol. The molecule has 0 spiro atoms. The van der Waals surface area contributed by atoms with Gasteiger partial charge in [-0.2, -0.15) is 0 Å². The summed E-state index contributed by atoms with van der Waals surface area (Å²) in [6, 6.07) is 16.8. The minimum absolute atomic E-state index is 0.0359. The highest BCUT2D eigenvalue weighted by Crippen LogP contribution is 2.30. The number of nitrogens with two attached hydrogens (primary N) is 1.